The van der Waals surface area contributed by atoms with E-state index in [9.17, 15) is 13.2 Å². The normalized spacial score (nSPS) is 12.7. The number of rotatable bonds is 0. The van der Waals surface area contributed by atoms with Crippen molar-refractivity contribution in [2.24, 2.45) is 0 Å². The van der Waals surface area contributed by atoms with Crippen molar-refractivity contribution in [1.82, 2.24) is 14.6 Å². The van der Waals surface area contributed by atoms with Gasteiger partial charge in [0.05, 0.1) is 14.6 Å². The number of H-pyrrole nitrogens is 1. The fourth-order valence-corrected chi connectivity index (χ4v) is 2.69. The largest absolute Gasteiger partial charge is 0.433 e. The molecule has 0 saturated carbocycles. The summed E-state index contributed by atoms with van der Waals surface area (Å²) in [6.45, 7) is 1.89. The number of aromatic nitrogens is 3. The average Bonchev–Trinajstić information content (AvgIpc) is 2.76. The lowest BCUT2D eigenvalue weighted by Crippen LogP contribution is -2.08. The molecule has 1 aromatic carbocycles. The van der Waals surface area contributed by atoms with Gasteiger partial charge in [0.2, 0.25) is 0 Å². The first-order valence-corrected chi connectivity index (χ1v) is 6.19. The minimum absolute atomic E-state index is 0.0916. The van der Waals surface area contributed by atoms with Gasteiger partial charge in [0, 0.05) is 0 Å². The van der Waals surface area contributed by atoms with E-state index in [2.05, 4.69) is 10.1 Å². The zero-order valence-corrected chi connectivity index (χ0v) is 11.3. The van der Waals surface area contributed by atoms with Gasteiger partial charge in [-0.25, -0.2) is 9.50 Å². The van der Waals surface area contributed by atoms with Crippen LogP contribution in [-0.2, 0) is 6.18 Å². The second-order valence-electron chi connectivity index (χ2n) is 4.06. The van der Waals surface area contributed by atoms with E-state index in [-0.39, 0.29) is 3.57 Å². The molecule has 0 aliphatic carbocycles. The average molecular weight is 365 g/mol. The Bertz CT molecular complexity index is 754. The Morgan fingerprint density at radius 1 is 1.33 bits per heavy atom. The van der Waals surface area contributed by atoms with E-state index in [1.165, 1.54) is 4.52 Å². The van der Waals surface area contributed by atoms with Crippen LogP contribution in [0.4, 0.5) is 13.2 Å². The van der Waals surface area contributed by atoms with Gasteiger partial charge in [-0.15, -0.1) is 0 Å². The summed E-state index contributed by atoms with van der Waals surface area (Å²) in [7, 11) is 0. The minimum Gasteiger partial charge on any atom is -0.287 e. The van der Waals surface area contributed by atoms with Crippen LogP contribution in [0.1, 0.15) is 11.3 Å². The lowest BCUT2D eigenvalue weighted by Gasteiger charge is -2.03. The molecule has 94 valence electrons. The topological polar surface area (TPSA) is 33.1 Å². The van der Waals surface area contributed by atoms with E-state index < -0.39 is 11.9 Å². The monoisotopic (exact) mass is 365 g/mol. The Kier molecular flexibility index (Phi) is 2.38. The van der Waals surface area contributed by atoms with Gasteiger partial charge in [-0.1, -0.05) is 6.07 Å². The minimum atomic E-state index is -4.40. The molecule has 2 heterocycles. The van der Waals surface area contributed by atoms with Crippen molar-refractivity contribution < 1.29 is 13.2 Å². The quantitative estimate of drug-likeness (QED) is 0.605. The molecule has 3 nitrogen and oxygen atoms in total. The van der Waals surface area contributed by atoms with Crippen LogP contribution in [0.2, 0.25) is 0 Å². The zero-order chi connectivity index (χ0) is 13.1. The molecule has 2 aromatic heterocycles. The second-order valence-corrected chi connectivity index (χ2v) is 5.14. The number of benzene rings is 1. The highest BCUT2D eigenvalue weighted by Crippen LogP contribution is 2.34. The summed E-state index contributed by atoms with van der Waals surface area (Å²) < 4.78 is 39.8. The molecule has 0 amide bonds. The fourth-order valence-electron chi connectivity index (χ4n) is 1.91. The Hall–Kier alpha value is -1.25. The summed E-state index contributed by atoms with van der Waals surface area (Å²) in [5.74, 6) is 0. The van der Waals surface area contributed by atoms with Gasteiger partial charge < -0.3 is 0 Å². The third-order valence-corrected chi connectivity index (χ3v) is 3.75. The second kappa shape index (κ2) is 3.62. The third-order valence-electron chi connectivity index (χ3n) is 2.73. The van der Waals surface area contributed by atoms with Crippen LogP contribution in [0, 0.1) is 10.5 Å². The summed E-state index contributed by atoms with van der Waals surface area (Å²) in [6.07, 6.45) is -4.40. The van der Waals surface area contributed by atoms with E-state index in [1.807, 2.05) is 19.1 Å². The molecular weight excluding hydrogens is 358 g/mol. The van der Waals surface area contributed by atoms with E-state index in [0.717, 1.165) is 5.56 Å². The first-order valence-electron chi connectivity index (χ1n) is 5.11. The Morgan fingerprint density at radius 3 is 2.72 bits per heavy atom. The highest BCUT2D eigenvalue weighted by atomic mass is 127. The first kappa shape index (κ1) is 11.8. The smallest absolute Gasteiger partial charge is 0.287 e. The van der Waals surface area contributed by atoms with E-state index in [0.29, 0.717) is 16.7 Å². The fraction of sp³-hybridized carbons (Fsp3) is 0.182. The Morgan fingerprint density at radius 2 is 2.06 bits per heavy atom. The molecule has 0 saturated heterocycles. The molecule has 0 bridgehead atoms. The van der Waals surface area contributed by atoms with Crippen LogP contribution in [0.5, 0.6) is 0 Å². The van der Waals surface area contributed by atoms with Crippen LogP contribution < -0.4 is 0 Å². The Labute approximate surface area is 113 Å². The summed E-state index contributed by atoms with van der Waals surface area (Å²) in [5.41, 5.74) is 1.86. The van der Waals surface area contributed by atoms with Crippen molar-refractivity contribution in [2.45, 2.75) is 13.1 Å². The number of imidazole rings is 1. The lowest BCUT2D eigenvalue weighted by molar-refractivity contribution is -0.141. The molecule has 18 heavy (non-hydrogen) atoms. The molecule has 0 spiro atoms. The predicted octanol–water partition coefficient (Wildman–Crippen LogP) is 3.75. The number of aryl methyl sites for hydroxylation is 1. The summed E-state index contributed by atoms with van der Waals surface area (Å²) >= 11 is 1.67. The van der Waals surface area contributed by atoms with Gasteiger partial charge in [-0.2, -0.15) is 13.2 Å². The van der Waals surface area contributed by atoms with Gasteiger partial charge >= 0.3 is 6.18 Å². The number of hydrogen-bond acceptors (Lipinski definition) is 1. The summed E-state index contributed by atoms with van der Waals surface area (Å²) in [6, 6.07) is 5.49. The molecule has 0 aliphatic heterocycles. The maximum atomic E-state index is 12.8. The standard InChI is InChI=1S/C11H7F3IN3/c1-5-2-3-6-7(4-5)18-10(16-6)8(15)9(17-18)11(12,13)14/h2-4,17H,1H3. The molecule has 3 rings (SSSR count). The van der Waals surface area contributed by atoms with Crippen LogP contribution in [0.15, 0.2) is 18.2 Å². The van der Waals surface area contributed by atoms with Crippen molar-refractivity contribution in [3.8, 4) is 0 Å². The van der Waals surface area contributed by atoms with Crippen molar-refractivity contribution in [1.29, 1.82) is 0 Å². The van der Waals surface area contributed by atoms with Gasteiger partial charge in [-0.05, 0) is 47.2 Å². The number of hydrogen-bond donors (Lipinski definition) is 1. The van der Waals surface area contributed by atoms with Crippen LogP contribution >= 0.6 is 22.6 Å². The molecule has 0 unspecified atom stereocenters. The van der Waals surface area contributed by atoms with Crippen molar-refractivity contribution in [3.05, 3.63) is 33.0 Å². The van der Waals surface area contributed by atoms with Gasteiger partial charge in [-0.3, -0.25) is 5.10 Å². The van der Waals surface area contributed by atoms with Gasteiger partial charge in [0.1, 0.15) is 0 Å². The third kappa shape index (κ3) is 1.60. The van der Waals surface area contributed by atoms with E-state index in [1.54, 1.807) is 28.7 Å². The van der Waals surface area contributed by atoms with E-state index >= 15 is 0 Å². The highest BCUT2D eigenvalue weighted by Gasteiger charge is 2.37. The van der Waals surface area contributed by atoms with Crippen LogP contribution in [-0.4, -0.2) is 14.6 Å². The van der Waals surface area contributed by atoms with Gasteiger partial charge in [0.15, 0.2) is 11.3 Å². The van der Waals surface area contributed by atoms with E-state index in [4.69, 9.17) is 0 Å². The van der Waals surface area contributed by atoms with Crippen LogP contribution in [0.25, 0.3) is 16.7 Å². The molecule has 0 aliphatic rings. The maximum absolute atomic E-state index is 12.8. The SMILES string of the molecule is Cc1ccc2nc3c(I)c(C(F)(F)F)[nH]n3c2c1. The lowest BCUT2D eigenvalue weighted by atomic mass is 10.2. The van der Waals surface area contributed by atoms with Crippen molar-refractivity contribution in [3.63, 3.8) is 0 Å². The Balaban J connectivity index is 2.42. The molecule has 1 N–H and O–H groups in total. The number of alkyl halides is 3. The summed E-state index contributed by atoms with van der Waals surface area (Å²) in [4.78, 5) is 4.21. The molecular formula is C11H7F3IN3. The number of nitrogens with one attached hydrogen (secondary N) is 1. The maximum Gasteiger partial charge on any atom is 0.433 e. The molecule has 0 fully saturated rings. The molecule has 7 heteroatoms. The predicted molar refractivity (Wildman–Crippen MR) is 69.5 cm³/mol. The van der Waals surface area contributed by atoms with Crippen LogP contribution in [0.3, 0.4) is 0 Å². The number of aromatic amines is 1. The first-order chi connectivity index (χ1) is 8.38. The highest BCUT2D eigenvalue weighted by molar-refractivity contribution is 14.1. The van der Waals surface area contributed by atoms with Crippen molar-refractivity contribution >= 4 is 39.3 Å². The summed E-state index contributed by atoms with van der Waals surface area (Å²) in [5, 5.41) is 2.38. The van der Waals surface area contributed by atoms with Gasteiger partial charge in [0.25, 0.3) is 0 Å². The zero-order valence-electron chi connectivity index (χ0n) is 9.14. The molecule has 3 aromatic rings. The molecule has 0 radical (unpaired) electrons. The number of fused-ring (bicyclic) bond motifs is 3. The number of halogens is 4. The number of nitrogens with zero attached hydrogens (tertiary/aromatic N) is 2. The molecule has 0 atom stereocenters. The van der Waals surface area contributed by atoms with Crippen molar-refractivity contribution in [2.75, 3.05) is 0 Å².